The number of para-hydroxylation sites is 1. The SMILES string of the molecule is CCCCCCCCCCCC(c1ccccc1O)C(C)CCC. The summed E-state index contributed by atoms with van der Waals surface area (Å²) in [6.07, 6.45) is 16.1. The average Bonchev–Trinajstić information content (AvgIpc) is 2.58. The second kappa shape index (κ2) is 13.3. The maximum absolute atomic E-state index is 10.2. The van der Waals surface area contributed by atoms with Gasteiger partial charge >= 0.3 is 0 Å². The molecule has 0 saturated heterocycles. The molecule has 1 aromatic carbocycles. The predicted molar refractivity (Wildman–Crippen MR) is 107 cm³/mol. The zero-order valence-electron chi connectivity index (χ0n) is 16.4. The topological polar surface area (TPSA) is 20.2 Å². The van der Waals surface area contributed by atoms with Crippen molar-refractivity contribution in [3.63, 3.8) is 0 Å². The van der Waals surface area contributed by atoms with E-state index in [2.05, 4.69) is 32.9 Å². The number of hydrogen-bond acceptors (Lipinski definition) is 1. The van der Waals surface area contributed by atoms with Gasteiger partial charge in [-0.2, -0.15) is 0 Å². The van der Waals surface area contributed by atoms with E-state index in [0.29, 0.717) is 17.6 Å². The number of phenols is 1. The third-order valence-electron chi connectivity index (χ3n) is 5.39. The summed E-state index contributed by atoms with van der Waals surface area (Å²) in [6.45, 7) is 6.89. The maximum Gasteiger partial charge on any atom is 0.119 e. The molecule has 0 bridgehead atoms. The lowest BCUT2D eigenvalue weighted by Gasteiger charge is -2.25. The summed E-state index contributed by atoms with van der Waals surface area (Å²) in [5.74, 6) is 1.65. The van der Waals surface area contributed by atoms with Crippen LogP contribution in [0, 0.1) is 5.92 Å². The fourth-order valence-electron chi connectivity index (χ4n) is 3.88. The highest BCUT2D eigenvalue weighted by molar-refractivity contribution is 5.35. The standard InChI is InChI=1S/C23H40O/c1-4-6-7-8-9-10-11-12-13-17-21(20(3)16-5-2)22-18-14-15-19-23(22)24/h14-15,18-21,24H,4-13,16-17H2,1-3H3. The van der Waals surface area contributed by atoms with Crippen molar-refractivity contribution < 1.29 is 5.11 Å². The normalized spacial score (nSPS) is 13.8. The number of benzene rings is 1. The van der Waals surface area contributed by atoms with Crippen molar-refractivity contribution in [1.82, 2.24) is 0 Å². The lowest BCUT2D eigenvalue weighted by Crippen LogP contribution is -2.10. The van der Waals surface area contributed by atoms with E-state index in [1.807, 2.05) is 12.1 Å². The Balaban J connectivity index is 2.34. The summed E-state index contributed by atoms with van der Waals surface area (Å²) in [4.78, 5) is 0. The Morgan fingerprint density at radius 1 is 0.750 bits per heavy atom. The van der Waals surface area contributed by atoms with Gasteiger partial charge in [-0.1, -0.05) is 110 Å². The molecular weight excluding hydrogens is 292 g/mol. The van der Waals surface area contributed by atoms with Crippen molar-refractivity contribution in [2.75, 3.05) is 0 Å². The van der Waals surface area contributed by atoms with Gasteiger partial charge in [0, 0.05) is 0 Å². The van der Waals surface area contributed by atoms with Crippen molar-refractivity contribution in [2.24, 2.45) is 5.92 Å². The first-order valence-electron chi connectivity index (χ1n) is 10.5. The van der Waals surface area contributed by atoms with E-state index in [-0.39, 0.29) is 0 Å². The molecule has 0 aliphatic rings. The molecule has 2 unspecified atom stereocenters. The van der Waals surface area contributed by atoms with Gasteiger partial charge in [-0.25, -0.2) is 0 Å². The van der Waals surface area contributed by atoms with Gasteiger partial charge in [0.1, 0.15) is 5.75 Å². The van der Waals surface area contributed by atoms with Crippen molar-refractivity contribution in [3.05, 3.63) is 29.8 Å². The molecule has 1 aromatic rings. The van der Waals surface area contributed by atoms with Crippen molar-refractivity contribution in [3.8, 4) is 5.75 Å². The van der Waals surface area contributed by atoms with Crippen molar-refractivity contribution in [1.29, 1.82) is 0 Å². The molecule has 0 aromatic heterocycles. The zero-order chi connectivity index (χ0) is 17.6. The van der Waals surface area contributed by atoms with E-state index >= 15 is 0 Å². The Bertz CT molecular complexity index is 412. The van der Waals surface area contributed by atoms with Crippen LogP contribution in [0.1, 0.15) is 109 Å². The van der Waals surface area contributed by atoms with Crippen LogP contribution in [0.5, 0.6) is 5.75 Å². The second-order valence-corrected chi connectivity index (χ2v) is 7.55. The highest BCUT2D eigenvalue weighted by Gasteiger charge is 2.20. The quantitative estimate of drug-likeness (QED) is 0.344. The predicted octanol–water partition coefficient (Wildman–Crippen LogP) is 7.83. The first-order chi connectivity index (χ1) is 11.7. The van der Waals surface area contributed by atoms with E-state index in [1.165, 1.54) is 77.0 Å². The van der Waals surface area contributed by atoms with Gasteiger partial charge in [0.05, 0.1) is 0 Å². The Kier molecular flexibility index (Phi) is 11.7. The molecule has 2 atom stereocenters. The molecule has 0 amide bonds. The van der Waals surface area contributed by atoms with Gasteiger partial charge in [-0.05, 0) is 29.9 Å². The van der Waals surface area contributed by atoms with Crippen LogP contribution in [0.4, 0.5) is 0 Å². The summed E-state index contributed by atoms with van der Waals surface area (Å²) < 4.78 is 0. The largest absolute Gasteiger partial charge is 0.508 e. The fraction of sp³-hybridized carbons (Fsp3) is 0.739. The summed E-state index contributed by atoms with van der Waals surface area (Å²) >= 11 is 0. The van der Waals surface area contributed by atoms with Crippen LogP contribution in [-0.2, 0) is 0 Å². The van der Waals surface area contributed by atoms with E-state index in [9.17, 15) is 5.11 Å². The smallest absolute Gasteiger partial charge is 0.119 e. The number of rotatable bonds is 14. The second-order valence-electron chi connectivity index (χ2n) is 7.55. The molecule has 0 aliphatic heterocycles. The first kappa shape index (κ1) is 21.1. The molecule has 1 N–H and O–H groups in total. The summed E-state index contributed by atoms with van der Waals surface area (Å²) in [7, 11) is 0. The van der Waals surface area contributed by atoms with Gasteiger partial charge in [0.2, 0.25) is 0 Å². The summed E-state index contributed by atoms with van der Waals surface area (Å²) in [6, 6.07) is 7.97. The van der Waals surface area contributed by atoms with Crippen LogP contribution in [0.3, 0.4) is 0 Å². The van der Waals surface area contributed by atoms with Gasteiger partial charge in [0.25, 0.3) is 0 Å². The third kappa shape index (κ3) is 8.22. The van der Waals surface area contributed by atoms with Gasteiger partial charge < -0.3 is 5.11 Å². The van der Waals surface area contributed by atoms with Gasteiger partial charge in [0.15, 0.2) is 0 Å². The lowest BCUT2D eigenvalue weighted by atomic mass is 9.80. The average molecular weight is 333 g/mol. The van der Waals surface area contributed by atoms with Gasteiger partial charge in [-0.3, -0.25) is 0 Å². The van der Waals surface area contributed by atoms with Crippen molar-refractivity contribution in [2.45, 2.75) is 104 Å². The molecule has 1 heteroatoms. The minimum atomic E-state index is 0.487. The van der Waals surface area contributed by atoms with Gasteiger partial charge in [-0.15, -0.1) is 0 Å². The first-order valence-corrected chi connectivity index (χ1v) is 10.5. The molecule has 1 rings (SSSR count). The van der Waals surface area contributed by atoms with E-state index in [4.69, 9.17) is 0 Å². The molecule has 1 nitrogen and oxygen atoms in total. The molecule has 138 valence electrons. The summed E-state index contributed by atoms with van der Waals surface area (Å²) in [5, 5.41) is 10.2. The van der Waals surface area contributed by atoms with Crippen LogP contribution < -0.4 is 0 Å². The number of unbranched alkanes of at least 4 members (excludes halogenated alkanes) is 8. The Hall–Kier alpha value is -0.980. The fourth-order valence-corrected chi connectivity index (χ4v) is 3.88. The monoisotopic (exact) mass is 332 g/mol. The molecule has 0 radical (unpaired) electrons. The number of hydrogen-bond donors (Lipinski definition) is 1. The zero-order valence-corrected chi connectivity index (χ0v) is 16.4. The van der Waals surface area contributed by atoms with E-state index in [0.717, 1.165) is 5.56 Å². The Labute approximate surface area is 150 Å². The molecule has 24 heavy (non-hydrogen) atoms. The molecule has 0 heterocycles. The van der Waals surface area contributed by atoms with Crippen LogP contribution in [-0.4, -0.2) is 5.11 Å². The number of aromatic hydroxyl groups is 1. The van der Waals surface area contributed by atoms with E-state index < -0.39 is 0 Å². The van der Waals surface area contributed by atoms with Crippen molar-refractivity contribution >= 4 is 0 Å². The minimum Gasteiger partial charge on any atom is -0.508 e. The molecule has 0 spiro atoms. The maximum atomic E-state index is 10.2. The van der Waals surface area contributed by atoms with Crippen LogP contribution >= 0.6 is 0 Å². The van der Waals surface area contributed by atoms with Crippen LogP contribution in [0.25, 0.3) is 0 Å². The molecule has 0 aliphatic carbocycles. The highest BCUT2D eigenvalue weighted by Crippen LogP contribution is 2.37. The minimum absolute atomic E-state index is 0.487. The Morgan fingerprint density at radius 3 is 1.92 bits per heavy atom. The van der Waals surface area contributed by atoms with Crippen LogP contribution in [0.15, 0.2) is 24.3 Å². The summed E-state index contributed by atoms with van der Waals surface area (Å²) in [5.41, 5.74) is 1.16. The lowest BCUT2D eigenvalue weighted by molar-refractivity contribution is 0.373. The highest BCUT2D eigenvalue weighted by atomic mass is 16.3. The molecular formula is C23H40O. The molecule has 0 saturated carbocycles. The van der Waals surface area contributed by atoms with Crippen LogP contribution in [0.2, 0.25) is 0 Å². The molecule has 0 fully saturated rings. The number of phenolic OH excluding ortho intramolecular Hbond substituents is 1. The third-order valence-corrected chi connectivity index (χ3v) is 5.39. The Morgan fingerprint density at radius 2 is 1.33 bits per heavy atom. The van der Waals surface area contributed by atoms with E-state index in [1.54, 1.807) is 0 Å².